The number of aliphatic hydroxyl groups excluding tert-OH is 1. The van der Waals surface area contributed by atoms with Gasteiger partial charge in [-0.25, -0.2) is 14.2 Å². The van der Waals surface area contributed by atoms with Crippen LogP contribution in [0.4, 0.5) is 15.9 Å². The first kappa shape index (κ1) is 30.4. The number of hydrogen-bond donors (Lipinski definition) is 3. The Hall–Kier alpha value is -3.68. The van der Waals surface area contributed by atoms with Crippen LogP contribution in [-0.2, 0) is 15.1 Å². The number of halogens is 3. The maximum absolute atomic E-state index is 15.8. The summed E-state index contributed by atoms with van der Waals surface area (Å²) < 4.78 is 20.5. The summed E-state index contributed by atoms with van der Waals surface area (Å²) in [5.74, 6) is -2.52. The fourth-order valence-corrected chi connectivity index (χ4v) is 7.15. The lowest BCUT2D eigenvalue weighted by atomic mass is 9.74. The number of methoxy groups -OCH3 is 1. The Morgan fingerprint density at radius 1 is 1.30 bits per heavy atom. The molecule has 4 N–H and O–H groups in total. The van der Waals surface area contributed by atoms with Gasteiger partial charge in [-0.3, -0.25) is 19.8 Å². The molecule has 0 bridgehead atoms. The van der Waals surface area contributed by atoms with Crippen molar-refractivity contribution >= 4 is 46.6 Å². The first-order valence-corrected chi connectivity index (χ1v) is 14.7. The molecule has 230 valence electrons. The van der Waals surface area contributed by atoms with Crippen molar-refractivity contribution in [2.45, 2.75) is 48.9 Å². The van der Waals surface area contributed by atoms with Gasteiger partial charge in [0.25, 0.3) is 11.6 Å². The molecule has 1 spiro atoms. The number of esters is 1. The zero-order chi connectivity index (χ0) is 31.5. The van der Waals surface area contributed by atoms with Crippen LogP contribution in [-0.4, -0.2) is 57.5 Å². The van der Waals surface area contributed by atoms with E-state index in [-0.39, 0.29) is 45.0 Å². The molecular weight excluding hydrogens is 616 g/mol. The number of anilines is 1. The van der Waals surface area contributed by atoms with Gasteiger partial charge in [-0.2, -0.15) is 0 Å². The average molecular weight is 644 g/mol. The van der Waals surface area contributed by atoms with E-state index in [2.05, 4.69) is 15.0 Å². The van der Waals surface area contributed by atoms with Crippen LogP contribution in [0.15, 0.2) is 48.5 Å². The van der Waals surface area contributed by atoms with Gasteiger partial charge in [0.15, 0.2) is 0 Å². The Labute approximate surface area is 261 Å². The number of likely N-dealkylation sites (tertiary alicyclic amines) is 1. The number of fused-ring (bicyclic) bond motifs is 2. The number of aliphatic hydroxyl groups is 1. The van der Waals surface area contributed by atoms with Gasteiger partial charge in [0.05, 0.1) is 34.3 Å². The maximum atomic E-state index is 15.8. The van der Waals surface area contributed by atoms with Gasteiger partial charge in [-0.05, 0) is 61.1 Å². The van der Waals surface area contributed by atoms with Crippen molar-refractivity contribution in [2.24, 2.45) is 11.7 Å². The molecular formula is C30H28Cl2FN5O6. The number of carbonyl (C=O) groups is 2. The highest BCUT2D eigenvalue weighted by molar-refractivity contribution is 6.31. The number of nitro benzene ring substituents is 1. The molecule has 2 aromatic carbocycles. The van der Waals surface area contributed by atoms with Crippen molar-refractivity contribution in [3.8, 4) is 0 Å². The molecule has 2 fully saturated rings. The van der Waals surface area contributed by atoms with E-state index in [4.69, 9.17) is 28.9 Å². The lowest BCUT2D eigenvalue weighted by molar-refractivity contribution is -0.386. The van der Waals surface area contributed by atoms with E-state index in [0.717, 1.165) is 26.0 Å². The second-order valence-electron chi connectivity index (χ2n) is 11.4. The standard InChI is InChI=1S/C30H28Cl2FN5O6/c1-44-28(40)15-7-8-16(20(11-15)38(42)43)22(39)12-21-26(34)24(17-3-2-4-19(31)25(17)33)30(37(21)13-14-5-6-14)18-9-10-23(32)35-27(18)36-29(30)41/h2-4,7-11,14,21-22,24,26,39H,5-6,12-13,34H2,1H3,(H,35,36,41)/t21-,22?,24-,26+,30+/m0/s1. The summed E-state index contributed by atoms with van der Waals surface area (Å²) in [7, 11) is 1.16. The highest BCUT2D eigenvalue weighted by Gasteiger charge is 2.67. The fourth-order valence-electron chi connectivity index (χ4n) is 6.83. The van der Waals surface area contributed by atoms with Crippen molar-refractivity contribution in [1.82, 2.24) is 9.88 Å². The summed E-state index contributed by atoms with van der Waals surface area (Å²) in [5, 5.41) is 26.4. The monoisotopic (exact) mass is 643 g/mol. The molecule has 1 aromatic heterocycles. The zero-order valence-electron chi connectivity index (χ0n) is 23.4. The predicted octanol–water partition coefficient (Wildman–Crippen LogP) is 4.70. The van der Waals surface area contributed by atoms with Gasteiger partial charge in [0, 0.05) is 36.2 Å². The molecule has 1 amide bonds. The number of nitrogens with one attached hydrogen (secondary N) is 1. The van der Waals surface area contributed by atoms with Gasteiger partial charge in [-0.15, -0.1) is 0 Å². The van der Waals surface area contributed by atoms with Crippen LogP contribution in [0, 0.1) is 21.8 Å². The topological polar surface area (TPSA) is 161 Å². The number of rotatable bonds is 8. The molecule has 44 heavy (non-hydrogen) atoms. The molecule has 3 aliphatic rings. The van der Waals surface area contributed by atoms with Crippen molar-refractivity contribution in [3.05, 3.63) is 96.9 Å². The van der Waals surface area contributed by atoms with E-state index in [1.807, 2.05) is 4.90 Å². The SMILES string of the molecule is COC(=O)c1ccc(C(O)C[C@H]2[C@@H](N)[C@H](c3cccc(Cl)c3F)[C@]3(C(=O)Nc4nc(Cl)ccc43)N2CC2CC2)c([N+](=O)[O-])c1. The number of nitrogens with two attached hydrogens (primary N) is 1. The number of hydrogen-bond acceptors (Lipinski definition) is 9. The van der Waals surface area contributed by atoms with Gasteiger partial charge in [-0.1, -0.05) is 35.3 Å². The number of amides is 1. The van der Waals surface area contributed by atoms with E-state index < -0.39 is 57.9 Å². The summed E-state index contributed by atoms with van der Waals surface area (Å²) in [6.45, 7) is 0.391. The first-order chi connectivity index (χ1) is 21.0. The Morgan fingerprint density at radius 2 is 2.05 bits per heavy atom. The molecule has 3 aromatic rings. The van der Waals surface area contributed by atoms with Crippen LogP contribution in [0.3, 0.4) is 0 Å². The minimum Gasteiger partial charge on any atom is -0.465 e. The zero-order valence-corrected chi connectivity index (χ0v) is 24.9. The third kappa shape index (κ3) is 4.81. The van der Waals surface area contributed by atoms with Crippen LogP contribution >= 0.6 is 23.2 Å². The molecule has 14 heteroatoms. The molecule has 11 nitrogen and oxygen atoms in total. The van der Waals surface area contributed by atoms with E-state index in [1.165, 1.54) is 24.3 Å². The second kappa shape index (κ2) is 11.4. The molecule has 5 atom stereocenters. The van der Waals surface area contributed by atoms with Crippen molar-refractivity contribution < 1.29 is 28.7 Å². The van der Waals surface area contributed by atoms with Crippen molar-refractivity contribution in [3.63, 3.8) is 0 Å². The molecule has 1 saturated heterocycles. The van der Waals surface area contributed by atoms with Crippen LogP contribution in [0.1, 0.15) is 58.3 Å². The number of nitro groups is 1. The Kier molecular flexibility index (Phi) is 7.83. The fraction of sp³-hybridized carbons (Fsp3) is 0.367. The largest absolute Gasteiger partial charge is 0.465 e. The van der Waals surface area contributed by atoms with Gasteiger partial charge in [0.1, 0.15) is 22.3 Å². The second-order valence-corrected chi connectivity index (χ2v) is 12.2. The van der Waals surface area contributed by atoms with Gasteiger partial charge < -0.3 is 20.9 Å². The summed E-state index contributed by atoms with van der Waals surface area (Å²) >= 11 is 12.4. The lowest BCUT2D eigenvalue weighted by Gasteiger charge is -2.40. The van der Waals surface area contributed by atoms with Crippen LogP contribution in [0.5, 0.6) is 0 Å². The van der Waals surface area contributed by atoms with Crippen LogP contribution in [0.2, 0.25) is 10.2 Å². The number of pyridine rings is 1. The summed E-state index contributed by atoms with van der Waals surface area (Å²) in [4.78, 5) is 43.8. The average Bonchev–Trinajstić information content (AvgIpc) is 3.73. The third-order valence-electron chi connectivity index (χ3n) is 8.92. The van der Waals surface area contributed by atoms with Crippen molar-refractivity contribution in [1.29, 1.82) is 0 Å². The van der Waals surface area contributed by atoms with E-state index >= 15 is 4.39 Å². The van der Waals surface area contributed by atoms with E-state index in [0.29, 0.717) is 12.1 Å². The Morgan fingerprint density at radius 3 is 2.73 bits per heavy atom. The Bertz CT molecular complexity index is 1690. The molecule has 2 aliphatic heterocycles. The highest BCUT2D eigenvalue weighted by Crippen LogP contribution is 2.58. The number of benzene rings is 2. The third-order valence-corrected chi connectivity index (χ3v) is 9.43. The number of aromatic nitrogens is 1. The van der Waals surface area contributed by atoms with E-state index in [1.54, 1.807) is 18.2 Å². The smallest absolute Gasteiger partial charge is 0.338 e. The van der Waals surface area contributed by atoms with Crippen LogP contribution in [0.25, 0.3) is 0 Å². The molecule has 1 unspecified atom stereocenters. The molecule has 1 aliphatic carbocycles. The highest BCUT2D eigenvalue weighted by atomic mass is 35.5. The quantitative estimate of drug-likeness (QED) is 0.137. The van der Waals surface area contributed by atoms with E-state index in [9.17, 15) is 24.8 Å². The molecule has 1 saturated carbocycles. The normalized spacial score (nSPS) is 25.1. The minimum atomic E-state index is -1.55. The van der Waals surface area contributed by atoms with Crippen molar-refractivity contribution in [2.75, 3.05) is 19.0 Å². The summed E-state index contributed by atoms with van der Waals surface area (Å²) in [6, 6.07) is 9.69. The Balaban J connectivity index is 1.50. The number of nitrogens with zero attached hydrogens (tertiary/aromatic N) is 3. The minimum absolute atomic E-state index is 0.0441. The van der Waals surface area contributed by atoms with Gasteiger partial charge in [0.2, 0.25) is 0 Å². The first-order valence-electron chi connectivity index (χ1n) is 14.0. The molecule has 0 radical (unpaired) electrons. The van der Waals surface area contributed by atoms with Gasteiger partial charge >= 0.3 is 5.97 Å². The predicted molar refractivity (Wildman–Crippen MR) is 159 cm³/mol. The molecule has 3 heterocycles. The molecule has 6 rings (SSSR count). The number of carbonyl (C=O) groups excluding carboxylic acids is 2. The summed E-state index contributed by atoms with van der Waals surface area (Å²) in [6.07, 6.45) is 0.227. The van der Waals surface area contributed by atoms with Crippen LogP contribution < -0.4 is 11.1 Å². The maximum Gasteiger partial charge on any atom is 0.338 e. The summed E-state index contributed by atoms with van der Waals surface area (Å²) in [5.41, 5.74) is 5.44. The number of ether oxygens (including phenoxy) is 1. The lowest BCUT2D eigenvalue weighted by Crippen LogP contribution is -2.53.